The van der Waals surface area contributed by atoms with Gasteiger partial charge in [-0.15, -0.1) is 0 Å². The summed E-state index contributed by atoms with van der Waals surface area (Å²) in [6.45, 7) is 0.320. The van der Waals surface area contributed by atoms with Gasteiger partial charge in [0, 0.05) is 12.1 Å². The van der Waals surface area contributed by atoms with Crippen molar-refractivity contribution >= 4 is 17.3 Å². The molecular weight excluding hydrogens is 228 g/mol. The van der Waals surface area contributed by atoms with Gasteiger partial charge in [-0.1, -0.05) is 0 Å². The van der Waals surface area contributed by atoms with Crippen LogP contribution in [0.4, 0.5) is 11.4 Å². The van der Waals surface area contributed by atoms with Gasteiger partial charge in [0.25, 0.3) is 5.69 Å². The molecule has 1 aromatic carbocycles. The standard InChI is InChI=1S/C10H10N2O5/c13-10(14)4-7-5-11-8-3-6(12(15)16)1-2-9(8)17-7/h1-3,7,11H,4-5H2,(H,13,14). The van der Waals surface area contributed by atoms with Gasteiger partial charge in [-0.2, -0.15) is 0 Å². The van der Waals surface area contributed by atoms with Crippen LogP contribution in [0.2, 0.25) is 0 Å². The molecule has 0 aromatic heterocycles. The minimum atomic E-state index is -0.942. The van der Waals surface area contributed by atoms with E-state index >= 15 is 0 Å². The summed E-state index contributed by atoms with van der Waals surface area (Å²) < 4.78 is 5.41. The van der Waals surface area contributed by atoms with Gasteiger partial charge >= 0.3 is 5.97 Å². The highest BCUT2D eigenvalue weighted by atomic mass is 16.6. The zero-order chi connectivity index (χ0) is 12.4. The molecular formula is C10H10N2O5. The molecule has 1 heterocycles. The normalized spacial score (nSPS) is 17.5. The lowest BCUT2D eigenvalue weighted by Crippen LogP contribution is -2.32. The Kier molecular flexibility index (Phi) is 2.82. The number of nitro groups is 1. The summed E-state index contributed by atoms with van der Waals surface area (Å²) in [5, 5.41) is 22.1. The molecule has 0 aliphatic carbocycles. The molecule has 1 aromatic rings. The summed E-state index contributed by atoms with van der Waals surface area (Å²) in [6.07, 6.45) is -0.565. The molecule has 2 N–H and O–H groups in total. The first-order valence-electron chi connectivity index (χ1n) is 4.97. The summed E-state index contributed by atoms with van der Waals surface area (Å²) in [7, 11) is 0. The number of aliphatic carboxylic acids is 1. The van der Waals surface area contributed by atoms with Crippen LogP contribution in [0.15, 0.2) is 18.2 Å². The number of fused-ring (bicyclic) bond motifs is 1. The van der Waals surface area contributed by atoms with Crippen LogP contribution in [0.5, 0.6) is 5.75 Å². The number of nitrogens with zero attached hydrogens (tertiary/aromatic N) is 1. The number of non-ortho nitro benzene ring substituents is 1. The number of ether oxygens (including phenoxy) is 1. The summed E-state index contributed by atoms with van der Waals surface area (Å²) in [4.78, 5) is 20.6. The Morgan fingerprint density at radius 2 is 2.41 bits per heavy atom. The number of benzene rings is 1. The van der Waals surface area contributed by atoms with Gasteiger partial charge in [0.05, 0.1) is 23.6 Å². The fraction of sp³-hybridized carbons (Fsp3) is 0.300. The zero-order valence-corrected chi connectivity index (χ0v) is 8.75. The zero-order valence-electron chi connectivity index (χ0n) is 8.75. The second-order valence-corrected chi connectivity index (χ2v) is 3.66. The third-order valence-corrected chi connectivity index (χ3v) is 2.39. The molecule has 0 spiro atoms. The topological polar surface area (TPSA) is 102 Å². The van der Waals surface area contributed by atoms with Gasteiger partial charge in [0.15, 0.2) is 0 Å². The second kappa shape index (κ2) is 4.28. The Balaban J connectivity index is 2.17. The van der Waals surface area contributed by atoms with Gasteiger partial charge in [-0.3, -0.25) is 14.9 Å². The van der Waals surface area contributed by atoms with Crippen molar-refractivity contribution in [3.05, 3.63) is 28.3 Å². The SMILES string of the molecule is O=C(O)CC1CNc2cc([N+](=O)[O-])ccc2O1. The molecule has 0 saturated heterocycles. The van der Waals surface area contributed by atoms with Gasteiger partial charge in [-0.25, -0.2) is 0 Å². The van der Waals surface area contributed by atoms with Crippen LogP contribution in [-0.2, 0) is 4.79 Å². The predicted molar refractivity (Wildman–Crippen MR) is 58.3 cm³/mol. The largest absolute Gasteiger partial charge is 0.486 e. The number of carboxylic acid groups (broad SMARTS) is 1. The highest BCUT2D eigenvalue weighted by Crippen LogP contribution is 2.32. The molecule has 1 atom stereocenters. The molecule has 7 heteroatoms. The Bertz CT molecular complexity index is 474. The molecule has 17 heavy (non-hydrogen) atoms. The van der Waals surface area contributed by atoms with Gasteiger partial charge < -0.3 is 15.2 Å². The number of hydrogen-bond donors (Lipinski definition) is 2. The lowest BCUT2D eigenvalue weighted by atomic mass is 10.1. The Labute approximate surface area is 96.2 Å². The quantitative estimate of drug-likeness (QED) is 0.606. The number of carbonyl (C=O) groups is 1. The maximum Gasteiger partial charge on any atom is 0.307 e. The van der Waals surface area contributed by atoms with Crippen LogP contribution in [0, 0.1) is 10.1 Å². The van der Waals surface area contributed by atoms with E-state index in [9.17, 15) is 14.9 Å². The van der Waals surface area contributed by atoms with Crippen LogP contribution < -0.4 is 10.1 Å². The minimum absolute atomic E-state index is 0.0310. The molecule has 1 aliphatic heterocycles. The average Bonchev–Trinajstić information content (AvgIpc) is 2.27. The van der Waals surface area contributed by atoms with Crippen molar-refractivity contribution in [3.63, 3.8) is 0 Å². The summed E-state index contributed by atoms with van der Waals surface area (Å²) in [5.74, 6) is -0.504. The smallest absolute Gasteiger partial charge is 0.307 e. The van der Waals surface area contributed by atoms with Gasteiger partial charge in [0.1, 0.15) is 11.9 Å². The minimum Gasteiger partial charge on any atom is -0.486 e. The van der Waals surface area contributed by atoms with E-state index in [-0.39, 0.29) is 12.1 Å². The van der Waals surface area contributed by atoms with Gasteiger partial charge in [0.2, 0.25) is 0 Å². The first-order chi connectivity index (χ1) is 8.06. The summed E-state index contributed by atoms with van der Waals surface area (Å²) >= 11 is 0. The molecule has 7 nitrogen and oxygen atoms in total. The van der Waals surface area contributed by atoms with Crippen LogP contribution >= 0.6 is 0 Å². The van der Waals surface area contributed by atoms with Crippen molar-refractivity contribution in [1.29, 1.82) is 0 Å². The van der Waals surface area contributed by atoms with E-state index in [1.54, 1.807) is 0 Å². The van der Waals surface area contributed by atoms with Crippen molar-refractivity contribution in [1.82, 2.24) is 0 Å². The van der Waals surface area contributed by atoms with Crippen molar-refractivity contribution in [2.45, 2.75) is 12.5 Å². The number of carboxylic acids is 1. The fourth-order valence-corrected chi connectivity index (χ4v) is 1.63. The van der Waals surface area contributed by atoms with E-state index in [2.05, 4.69) is 5.32 Å². The van der Waals surface area contributed by atoms with Crippen LogP contribution in [-0.4, -0.2) is 28.6 Å². The number of nitrogens with one attached hydrogen (secondary N) is 1. The first-order valence-corrected chi connectivity index (χ1v) is 4.97. The molecule has 1 aliphatic rings. The van der Waals surface area contributed by atoms with E-state index in [0.717, 1.165) is 0 Å². The number of rotatable bonds is 3. The molecule has 0 radical (unpaired) electrons. The number of nitro benzene ring substituents is 1. The van der Waals surface area contributed by atoms with E-state index in [1.807, 2.05) is 0 Å². The molecule has 0 bridgehead atoms. The summed E-state index contributed by atoms with van der Waals surface area (Å²) in [6, 6.07) is 4.16. The first kappa shape index (κ1) is 11.2. The van der Waals surface area contributed by atoms with Crippen LogP contribution in [0.1, 0.15) is 6.42 Å². The Hall–Kier alpha value is -2.31. The molecule has 1 unspecified atom stereocenters. The van der Waals surface area contributed by atoms with Crippen molar-refractivity contribution in [3.8, 4) is 5.75 Å². The maximum absolute atomic E-state index is 10.6. The van der Waals surface area contributed by atoms with Crippen LogP contribution in [0.25, 0.3) is 0 Å². The summed E-state index contributed by atoms with van der Waals surface area (Å²) in [5.41, 5.74) is 0.484. The lowest BCUT2D eigenvalue weighted by molar-refractivity contribution is -0.384. The fourth-order valence-electron chi connectivity index (χ4n) is 1.63. The number of anilines is 1. The molecule has 0 amide bonds. The van der Waals surface area contributed by atoms with E-state index in [4.69, 9.17) is 9.84 Å². The van der Waals surface area contributed by atoms with Crippen molar-refractivity contribution in [2.24, 2.45) is 0 Å². The molecule has 0 fully saturated rings. The highest BCUT2D eigenvalue weighted by Gasteiger charge is 2.23. The van der Waals surface area contributed by atoms with Gasteiger partial charge in [-0.05, 0) is 6.07 Å². The Morgan fingerprint density at radius 1 is 1.65 bits per heavy atom. The maximum atomic E-state index is 10.6. The highest BCUT2D eigenvalue weighted by molar-refractivity contribution is 5.68. The molecule has 90 valence electrons. The monoisotopic (exact) mass is 238 g/mol. The van der Waals surface area contributed by atoms with E-state index < -0.39 is 17.0 Å². The molecule has 2 rings (SSSR count). The Morgan fingerprint density at radius 3 is 3.06 bits per heavy atom. The third kappa shape index (κ3) is 2.44. The molecule has 0 saturated carbocycles. The van der Waals surface area contributed by atoms with E-state index in [0.29, 0.717) is 18.0 Å². The van der Waals surface area contributed by atoms with Crippen molar-refractivity contribution < 1.29 is 19.6 Å². The van der Waals surface area contributed by atoms with Crippen molar-refractivity contribution in [2.75, 3.05) is 11.9 Å². The van der Waals surface area contributed by atoms with E-state index in [1.165, 1.54) is 18.2 Å². The lowest BCUT2D eigenvalue weighted by Gasteiger charge is -2.26. The van der Waals surface area contributed by atoms with Crippen LogP contribution in [0.3, 0.4) is 0 Å². The predicted octanol–water partition coefficient (Wildman–Crippen LogP) is 1.24. The average molecular weight is 238 g/mol. The number of hydrogen-bond acceptors (Lipinski definition) is 5. The second-order valence-electron chi connectivity index (χ2n) is 3.66. The third-order valence-electron chi connectivity index (χ3n) is 2.39.